The SMILES string of the molecule is CN[C@H](C(=O)O)C(C)(C)c1ccc(OC(C)C)cc1. The summed E-state index contributed by atoms with van der Waals surface area (Å²) in [5.74, 6) is -0.0547. The van der Waals surface area contributed by atoms with Crippen LogP contribution >= 0.6 is 0 Å². The van der Waals surface area contributed by atoms with Crippen LogP contribution in [0.15, 0.2) is 24.3 Å². The van der Waals surface area contributed by atoms with Crippen molar-refractivity contribution in [2.75, 3.05) is 7.05 Å². The molecule has 1 aromatic carbocycles. The number of benzene rings is 1. The van der Waals surface area contributed by atoms with Gasteiger partial charge in [0.25, 0.3) is 0 Å². The summed E-state index contributed by atoms with van der Waals surface area (Å²) in [7, 11) is 1.66. The van der Waals surface area contributed by atoms with Crippen molar-refractivity contribution in [2.45, 2.75) is 45.3 Å². The highest BCUT2D eigenvalue weighted by Crippen LogP contribution is 2.29. The van der Waals surface area contributed by atoms with Crippen molar-refractivity contribution >= 4 is 5.97 Å². The Morgan fingerprint density at radius 3 is 2.16 bits per heavy atom. The van der Waals surface area contributed by atoms with Crippen molar-refractivity contribution in [3.8, 4) is 5.75 Å². The van der Waals surface area contributed by atoms with Gasteiger partial charge in [0.05, 0.1) is 6.10 Å². The first-order valence-electron chi connectivity index (χ1n) is 6.46. The standard InChI is InChI=1S/C15H23NO3/c1-10(2)19-12-8-6-11(7-9-12)15(3,4)13(16-5)14(17)18/h6-10,13,16H,1-5H3,(H,17,18)/t13-/m1/s1. The van der Waals surface area contributed by atoms with E-state index in [4.69, 9.17) is 4.74 Å². The van der Waals surface area contributed by atoms with E-state index in [1.165, 1.54) is 0 Å². The van der Waals surface area contributed by atoms with Gasteiger partial charge in [-0.1, -0.05) is 26.0 Å². The lowest BCUT2D eigenvalue weighted by Gasteiger charge is -2.31. The molecule has 0 spiro atoms. The van der Waals surface area contributed by atoms with Gasteiger partial charge < -0.3 is 15.2 Å². The first-order valence-corrected chi connectivity index (χ1v) is 6.46. The Kier molecular flexibility index (Phi) is 4.95. The summed E-state index contributed by atoms with van der Waals surface area (Å²) in [6.45, 7) is 7.78. The van der Waals surface area contributed by atoms with Crippen molar-refractivity contribution in [1.29, 1.82) is 0 Å². The van der Waals surface area contributed by atoms with Crippen LogP contribution in [0.1, 0.15) is 33.3 Å². The average Bonchev–Trinajstić information content (AvgIpc) is 2.28. The van der Waals surface area contributed by atoms with Gasteiger partial charge in [0.1, 0.15) is 11.8 Å². The maximum absolute atomic E-state index is 11.3. The van der Waals surface area contributed by atoms with Crippen LogP contribution < -0.4 is 10.1 Å². The quantitative estimate of drug-likeness (QED) is 0.829. The number of carboxylic acid groups (broad SMARTS) is 1. The van der Waals surface area contributed by atoms with Crippen molar-refractivity contribution < 1.29 is 14.6 Å². The number of hydrogen-bond donors (Lipinski definition) is 2. The van der Waals surface area contributed by atoms with E-state index in [0.29, 0.717) is 0 Å². The van der Waals surface area contributed by atoms with Gasteiger partial charge >= 0.3 is 5.97 Å². The number of rotatable bonds is 6. The van der Waals surface area contributed by atoms with Crippen LogP contribution in [0.25, 0.3) is 0 Å². The minimum absolute atomic E-state index is 0.128. The average molecular weight is 265 g/mol. The van der Waals surface area contributed by atoms with Crippen LogP contribution in [-0.4, -0.2) is 30.3 Å². The summed E-state index contributed by atoms with van der Waals surface area (Å²) < 4.78 is 5.58. The Bertz CT molecular complexity index is 424. The second kappa shape index (κ2) is 6.06. The van der Waals surface area contributed by atoms with Crippen LogP contribution in [0.5, 0.6) is 5.75 Å². The van der Waals surface area contributed by atoms with Crippen LogP contribution in [0.4, 0.5) is 0 Å². The molecule has 0 aromatic heterocycles. The minimum Gasteiger partial charge on any atom is -0.491 e. The molecular weight excluding hydrogens is 242 g/mol. The van der Waals surface area contributed by atoms with Crippen LogP contribution in [-0.2, 0) is 10.2 Å². The van der Waals surface area contributed by atoms with Crippen molar-refractivity contribution in [3.05, 3.63) is 29.8 Å². The fraction of sp³-hybridized carbons (Fsp3) is 0.533. The van der Waals surface area contributed by atoms with Gasteiger partial charge in [-0.15, -0.1) is 0 Å². The second-order valence-corrected chi connectivity index (χ2v) is 5.47. The summed E-state index contributed by atoms with van der Waals surface area (Å²) in [6.07, 6.45) is 0.128. The Morgan fingerprint density at radius 1 is 1.26 bits per heavy atom. The van der Waals surface area contributed by atoms with E-state index < -0.39 is 17.4 Å². The number of hydrogen-bond acceptors (Lipinski definition) is 3. The van der Waals surface area contributed by atoms with E-state index in [-0.39, 0.29) is 6.10 Å². The molecule has 0 unspecified atom stereocenters. The Balaban J connectivity index is 2.98. The van der Waals surface area contributed by atoms with Gasteiger partial charge in [0, 0.05) is 5.41 Å². The van der Waals surface area contributed by atoms with Crippen molar-refractivity contribution in [1.82, 2.24) is 5.32 Å². The number of likely N-dealkylation sites (N-methyl/N-ethyl adjacent to an activating group) is 1. The number of aliphatic carboxylic acids is 1. The molecule has 19 heavy (non-hydrogen) atoms. The summed E-state index contributed by atoms with van der Waals surface area (Å²) in [5.41, 5.74) is 0.460. The van der Waals surface area contributed by atoms with Crippen LogP contribution in [0, 0.1) is 0 Å². The highest BCUT2D eigenvalue weighted by molar-refractivity contribution is 5.76. The first kappa shape index (κ1) is 15.5. The molecule has 4 nitrogen and oxygen atoms in total. The lowest BCUT2D eigenvalue weighted by molar-refractivity contribution is -0.141. The normalized spacial score (nSPS) is 13.4. The maximum Gasteiger partial charge on any atom is 0.321 e. The summed E-state index contributed by atoms with van der Waals surface area (Å²) >= 11 is 0. The predicted molar refractivity (Wildman–Crippen MR) is 75.7 cm³/mol. The molecule has 1 aromatic rings. The van der Waals surface area contributed by atoms with Gasteiger partial charge in [0.2, 0.25) is 0 Å². The minimum atomic E-state index is -0.852. The smallest absolute Gasteiger partial charge is 0.321 e. The lowest BCUT2D eigenvalue weighted by Crippen LogP contribution is -2.48. The Hall–Kier alpha value is -1.55. The van der Waals surface area contributed by atoms with E-state index in [9.17, 15) is 9.90 Å². The fourth-order valence-corrected chi connectivity index (χ4v) is 2.19. The molecule has 1 rings (SSSR count). The van der Waals surface area contributed by atoms with E-state index in [1.807, 2.05) is 52.0 Å². The molecule has 4 heteroatoms. The molecule has 0 heterocycles. The van der Waals surface area contributed by atoms with Crippen LogP contribution in [0.3, 0.4) is 0 Å². The van der Waals surface area contributed by atoms with Gasteiger partial charge in [-0.05, 0) is 38.6 Å². The van der Waals surface area contributed by atoms with E-state index in [2.05, 4.69) is 5.32 Å². The Labute approximate surface area is 114 Å². The Morgan fingerprint density at radius 2 is 1.79 bits per heavy atom. The third-order valence-electron chi connectivity index (χ3n) is 3.23. The molecule has 0 saturated heterocycles. The van der Waals surface area contributed by atoms with Gasteiger partial charge in [-0.2, -0.15) is 0 Å². The third-order valence-corrected chi connectivity index (χ3v) is 3.23. The lowest BCUT2D eigenvalue weighted by atomic mass is 9.77. The fourth-order valence-electron chi connectivity index (χ4n) is 2.19. The number of carbonyl (C=O) groups is 1. The molecule has 0 saturated carbocycles. The van der Waals surface area contributed by atoms with Gasteiger partial charge in [-0.25, -0.2) is 0 Å². The molecule has 2 N–H and O–H groups in total. The maximum atomic E-state index is 11.3. The summed E-state index contributed by atoms with van der Waals surface area (Å²) in [5, 5.41) is 12.1. The molecule has 0 radical (unpaired) electrons. The molecule has 106 valence electrons. The van der Waals surface area contributed by atoms with Crippen LogP contribution in [0.2, 0.25) is 0 Å². The van der Waals surface area contributed by atoms with Gasteiger partial charge in [-0.3, -0.25) is 4.79 Å². The van der Waals surface area contributed by atoms with E-state index in [1.54, 1.807) is 7.05 Å². The first-order chi connectivity index (χ1) is 8.78. The zero-order chi connectivity index (χ0) is 14.6. The summed E-state index contributed by atoms with van der Waals surface area (Å²) in [4.78, 5) is 11.3. The molecule has 0 aliphatic carbocycles. The van der Waals surface area contributed by atoms with Crippen molar-refractivity contribution in [2.24, 2.45) is 0 Å². The molecule has 0 amide bonds. The second-order valence-electron chi connectivity index (χ2n) is 5.47. The highest BCUT2D eigenvalue weighted by Gasteiger charge is 2.35. The zero-order valence-corrected chi connectivity index (χ0v) is 12.2. The highest BCUT2D eigenvalue weighted by atomic mass is 16.5. The number of ether oxygens (including phenoxy) is 1. The monoisotopic (exact) mass is 265 g/mol. The largest absolute Gasteiger partial charge is 0.491 e. The predicted octanol–water partition coefficient (Wildman–Crippen LogP) is 2.42. The zero-order valence-electron chi connectivity index (χ0n) is 12.2. The topological polar surface area (TPSA) is 58.6 Å². The molecule has 0 aliphatic rings. The van der Waals surface area contributed by atoms with E-state index >= 15 is 0 Å². The third kappa shape index (κ3) is 3.70. The molecular formula is C15H23NO3. The number of carboxylic acids is 1. The molecule has 0 bridgehead atoms. The van der Waals surface area contributed by atoms with Crippen molar-refractivity contribution in [3.63, 3.8) is 0 Å². The molecule has 1 atom stereocenters. The number of nitrogens with one attached hydrogen (secondary N) is 1. The summed E-state index contributed by atoms with van der Waals surface area (Å²) in [6, 6.07) is 6.97. The molecule has 0 aliphatic heterocycles. The molecule has 0 fully saturated rings. The van der Waals surface area contributed by atoms with E-state index in [0.717, 1.165) is 11.3 Å². The van der Waals surface area contributed by atoms with Gasteiger partial charge in [0.15, 0.2) is 0 Å².